The first-order chi connectivity index (χ1) is 19.6. The molecule has 4 rings (SSSR count). The Kier molecular flexibility index (Phi) is 9.60. The van der Waals surface area contributed by atoms with Crippen LogP contribution in [-0.2, 0) is 16.4 Å². The molecule has 0 radical (unpaired) electrons. The predicted octanol–water partition coefficient (Wildman–Crippen LogP) is 5.68. The normalized spacial score (nSPS) is 15.1. The van der Waals surface area contributed by atoms with E-state index in [2.05, 4.69) is 26.0 Å². The molecule has 0 fully saturated rings. The fraction of sp³-hybridized carbons (Fsp3) is 0.406. The van der Waals surface area contributed by atoms with Gasteiger partial charge in [0.2, 0.25) is 10.0 Å². The predicted molar refractivity (Wildman–Crippen MR) is 160 cm³/mol. The molecule has 0 aliphatic carbocycles. The lowest BCUT2D eigenvalue weighted by Crippen LogP contribution is -2.42. The van der Waals surface area contributed by atoms with E-state index in [0.717, 1.165) is 16.9 Å². The van der Waals surface area contributed by atoms with Crippen molar-refractivity contribution in [2.45, 2.75) is 51.0 Å². The maximum absolute atomic E-state index is 13.9. The number of amides is 1. The van der Waals surface area contributed by atoms with Crippen LogP contribution in [0.4, 0.5) is 0 Å². The van der Waals surface area contributed by atoms with Crippen molar-refractivity contribution in [1.82, 2.24) is 9.21 Å². The number of fused-ring (bicyclic) bond motifs is 1. The summed E-state index contributed by atoms with van der Waals surface area (Å²) >= 11 is 0. The topological polar surface area (TPSA) is 85.4 Å². The number of benzene rings is 3. The van der Waals surface area contributed by atoms with E-state index in [4.69, 9.17) is 14.2 Å². The number of methoxy groups -OCH3 is 2. The lowest BCUT2D eigenvalue weighted by atomic mass is 9.91. The Bertz CT molecular complexity index is 1450. The first kappa shape index (κ1) is 30.4. The Morgan fingerprint density at radius 3 is 2.12 bits per heavy atom. The lowest BCUT2D eigenvalue weighted by molar-refractivity contribution is 0.0589. The fourth-order valence-corrected chi connectivity index (χ4v) is 6.68. The monoisotopic (exact) mass is 580 g/mol. The number of hydrogen-bond donors (Lipinski definition) is 0. The van der Waals surface area contributed by atoms with Crippen molar-refractivity contribution in [3.05, 3.63) is 82.9 Å². The van der Waals surface area contributed by atoms with Gasteiger partial charge in [0.25, 0.3) is 5.91 Å². The molecule has 1 heterocycles. The molecule has 0 spiro atoms. The molecule has 41 heavy (non-hydrogen) atoms. The van der Waals surface area contributed by atoms with Crippen molar-refractivity contribution in [3.63, 3.8) is 0 Å². The second-order valence-electron chi connectivity index (χ2n) is 10.3. The van der Waals surface area contributed by atoms with Gasteiger partial charge in [0.15, 0.2) is 11.5 Å². The number of rotatable bonds is 11. The molecule has 3 aromatic carbocycles. The molecule has 9 heteroatoms. The zero-order valence-electron chi connectivity index (χ0n) is 24.7. The first-order valence-electron chi connectivity index (χ1n) is 14.0. The third-order valence-electron chi connectivity index (χ3n) is 7.66. The minimum atomic E-state index is -3.62. The van der Waals surface area contributed by atoms with Crippen molar-refractivity contribution in [2.24, 2.45) is 0 Å². The molecule has 0 bridgehead atoms. The number of hydrogen-bond acceptors (Lipinski definition) is 6. The number of ether oxygens (including phenoxy) is 3. The van der Waals surface area contributed by atoms with Gasteiger partial charge in [-0.15, -0.1) is 0 Å². The highest BCUT2D eigenvalue weighted by molar-refractivity contribution is 7.89. The molecule has 220 valence electrons. The van der Waals surface area contributed by atoms with Crippen LogP contribution >= 0.6 is 0 Å². The quantitative estimate of drug-likeness (QED) is 0.290. The van der Waals surface area contributed by atoms with Gasteiger partial charge in [0, 0.05) is 25.2 Å². The van der Waals surface area contributed by atoms with Crippen LogP contribution in [0.3, 0.4) is 0 Å². The van der Waals surface area contributed by atoms with Crippen LogP contribution in [0.25, 0.3) is 0 Å². The molecule has 0 N–H and O–H groups in total. The van der Waals surface area contributed by atoms with Gasteiger partial charge >= 0.3 is 0 Å². The molecular weight excluding hydrogens is 540 g/mol. The highest BCUT2D eigenvalue weighted by Gasteiger charge is 2.34. The molecule has 1 atom stereocenters. The van der Waals surface area contributed by atoms with Crippen molar-refractivity contribution in [3.8, 4) is 17.2 Å². The van der Waals surface area contributed by atoms with Gasteiger partial charge in [-0.05, 0) is 77.6 Å². The van der Waals surface area contributed by atoms with Crippen molar-refractivity contribution < 1.29 is 27.4 Å². The minimum absolute atomic E-state index is 0.170. The Hall–Kier alpha value is -3.56. The Morgan fingerprint density at radius 1 is 0.951 bits per heavy atom. The summed E-state index contributed by atoms with van der Waals surface area (Å²) in [7, 11) is -0.424. The van der Waals surface area contributed by atoms with E-state index in [1.54, 1.807) is 45.1 Å². The van der Waals surface area contributed by atoms with Gasteiger partial charge in [-0.2, -0.15) is 4.31 Å². The van der Waals surface area contributed by atoms with Crippen LogP contribution < -0.4 is 14.2 Å². The highest BCUT2D eigenvalue weighted by atomic mass is 32.2. The lowest BCUT2D eigenvalue weighted by Gasteiger charge is -2.37. The molecule has 0 saturated heterocycles. The van der Waals surface area contributed by atoms with Crippen molar-refractivity contribution in [1.29, 1.82) is 0 Å². The second kappa shape index (κ2) is 13.0. The van der Waals surface area contributed by atoms with Crippen molar-refractivity contribution in [2.75, 3.05) is 40.5 Å². The van der Waals surface area contributed by atoms with Gasteiger partial charge in [0.1, 0.15) is 12.4 Å². The molecule has 8 nitrogen and oxygen atoms in total. The maximum atomic E-state index is 13.9. The van der Waals surface area contributed by atoms with E-state index >= 15 is 0 Å². The van der Waals surface area contributed by atoms with E-state index in [9.17, 15) is 13.2 Å². The molecule has 0 unspecified atom stereocenters. The largest absolute Gasteiger partial charge is 0.493 e. The SMILES string of the molecule is CCN(CC)S(=O)(=O)c1ccc(C(=O)N2CCc3cc(OC)c(OC)cc3[C@@H]2COc2ccc(C(C)C)cc2)cc1. The molecular formula is C32H40N2O6S. The summed E-state index contributed by atoms with van der Waals surface area (Å²) in [5, 5.41) is 0. The summed E-state index contributed by atoms with van der Waals surface area (Å²) in [6.45, 7) is 9.37. The van der Waals surface area contributed by atoms with Crippen LogP contribution in [0.1, 0.15) is 66.7 Å². The number of nitrogens with zero attached hydrogens (tertiary/aromatic N) is 2. The average Bonchev–Trinajstić information content (AvgIpc) is 2.99. The maximum Gasteiger partial charge on any atom is 0.254 e. The summed E-state index contributed by atoms with van der Waals surface area (Å²) in [5.74, 6) is 2.16. The van der Waals surface area contributed by atoms with E-state index in [1.165, 1.54) is 22.0 Å². The summed E-state index contributed by atoms with van der Waals surface area (Å²) < 4.78 is 44.6. The standard InChI is InChI=1S/C32H40N2O6S/c1-7-33(8-2)41(36,37)27-15-11-24(12-16-27)32(35)34-18-17-25-19-30(38-5)31(39-6)20-28(25)29(34)21-40-26-13-9-23(10-14-26)22(3)4/h9-16,19-20,22,29H,7-8,17-18,21H2,1-6H3/t29-/m0/s1. The summed E-state index contributed by atoms with van der Waals surface area (Å²) in [4.78, 5) is 15.9. The average molecular weight is 581 g/mol. The molecule has 1 aliphatic heterocycles. The summed E-state index contributed by atoms with van der Waals surface area (Å²) in [6.07, 6.45) is 0.634. The Morgan fingerprint density at radius 2 is 1.56 bits per heavy atom. The minimum Gasteiger partial charge on any atom is -0.493 e. The van der Waals surface area contributed by atoms with Gasteiger partial charge in [-0.1, -0.05) is 39.8 Å². The van der Waals surface area contributed by atoms with Crippen molar-refractivity contribution >= 4 is 15.9 Å². The summed E-state index contributed by atoms with van der Waals surface area (Å²) in [6, 6.07) is 17.7. The molecule has 1 aliphatic rings. The Balaban J connectivity index is 1.66. The second-order valence-corrected chi connectivity index (χ2v) is 12.3. The van der Waals surface area contributed by atoms with Gasteiger partial charge in [-0.25, -0.2) is 8.42 Å². The van der Waals surface area contributed by atoms with Crippen LogP contribution in [0.5, 0.6) is 17.2 Å². The highest BCUT2D eigenvalue weighted by Crippen LogP contribution is 2.39. The third-order valence-corrected chi connectivity index (χ3v) is 9.73. The smallest absolute Gasteiger partial charge is 0.254 e. The number of carbonyl (C=O) groups excluding carboxylic acids is 1. The molecule has 1 amide bonds. The van der Waals surface area contributed by atoms with E-state index in [0.29, 0.717) is 49.0 Å². The van der Waals surface area contributed by atoms with E-state index < -0.39 is 16.1 Å². The van der Waals surface area contributed by atoms with Gasteiger partial charge in [0.05, 0.1) is 25.2 Å². The molecule has 3 aromatic rings. The first-order valence-corrected chi connectivity index (χ1v) is 15.5. The van der Waals surface area contributed by atoms with Gasteiger partial charge in [-0.3, -0.25) is 4.79 Å². The summed E-state index contributed by atoms with van der Waals surface area (Å²) in [5.41, 5.74) is 3.64. The van der Waals surface area contributed by atoms with E-state index in [1.807, 2.05) is 24.3 Å². The van der Waals surface area contributed by atoms with Crippen LogP contribution in [0.2, 0.25) is 0 Å². The molecule has 0 aromatic heterocycles. The number of carbonyl (C=O) groups is 1. The molecule has 0 saturated carbocycles. The van der Waals surface area contributed by atoms with Crippen LogP contribution in [0.15, 0.2) is 65.6 Å². The fourth-order valence-electron chi connectivity index (χ4n) is 5.22. The van der Waals surface area contributed by atoms with Gasteiger partial charge < -0.3 is 19.1 Å². The van der Waals surface area contributed by atoms with Crippen LogP contribution in [0, 0.1) is 0 Å². The third kappa shape index (κ3) is 6.36. The van der Waals surface area contributed by atoms with E-state index in [-0.39, 0.29) is 17.4 Å². The van der Waals surface area contributed by atoms with Crippen LogP contribution in [-0.4, -0.2) is 64.0 Å². The Labute approximate surface area is 243 Å². The number of sulfonamides is 1. The zero-order valence-corrected chi connectivity index (χ0v) is 25.5. The zero-order chi connectivity index (χ0) is 29.7.